The number of imide groups is 2. The van der Waals surface area contributed by atoms with E-state index in [4.69, 9.17) is 4.74 Å². The van der Waals surface area contributed by atoms with Crippen LogP contribution in [-0.4, -0.2) is 17.8 Å². The zero-order valence-corrected chi connectivity index (χ0v) is 20.9. The van der Waals surface area contributed by atoms with E-state index >= 15 is 0 Å². The second-order valence-electron chi connectivity index (χ2n) is 7.53. The molecule has 0 atom stereocenters. The Labute approximate surface area is 211 Å². The van der Waals surface area contributed by atoms with Crippen LogP contribution >= 0.6 is 31.9 Å². The fourth-order valence-electron chi connectivity index (χ4n) is 3.31. The molecule has 9 heteroatoms. The maximum atomic E-state index is 13.6. The van der Waals surface area contributed by atoms with Crippen LogP contribution in [0.2, 0.25) is 0 Å². The van der Waals surface area contributed by atoms with Crippen molar-refractivity contribution in [1.82, 2.24) is 5.32 Å². The fourth-order valence-corrected chi connectivity index (χ4v) is 4.77. The maximum Gasteiger partial charge on any atom is 0.335 e. The number of carbonyl (C=O) groups excluding carboxylic acids is 3. The van der Waals surface area contributed by atoms with E-state index in [1.807, 2.05) is 31.2 Å². The van der Waals surface area contributed by atoms with Gasteiger partial charge in [0.1, 0.15) is 23.7 Å². The summed E-state index contributed by atoms with van der Waals surface area (Å²) >= 11 is 6.94. The third-order valence-electron chi connectivity index (χ3n) is 5.00. The molecule has 3 aromatic carbocycles. The average molecular weight is 588 g/mol. The highest BCUT2D eigenvalue weighted by Crippen LogP contribution is 2.36. The first-order chi connectivity index (χ1) is 16.2. The summed E-state index contributed by atoms with van der Waals surface area (Å²) in [6, 6.07) is 15.4. The number of urea groups is 1. The van der Waals surface area contributed by atoms with Gasteiger partial charge in [-0.2, -0.15) is 0 Å². The van der Waals surface area contributed by atoms with Crippen LogP contribution in [0.15, 0.2) is 75.2 Å². The average Bonchev–Trinajstić information content (AvgIpc) is 2.77. The standard InChI is InChI=1S/C25H17Br2FN2O4/c1-14-5-7-15(8-6-14)13-34-22-20(26)10-16(11-21(22)27)9-19-23(31)29-25(33)30(24(19)32)18-4-2-3-17(28)12-18/h2-12H,13H2,1H3,(H,29,31,33)/b19-9+. The Hall–Kier alpha value is -3.30. The maximum absolute atomic E-state index is 13.6. The van der Waals surface area contributed by atoms with E-state index in [1.54, 1.807) is 12.1 Å². The second kappa shape index (κ2) is 9.90. The van der Waals surface area contributed by atoms with Gasteiger partial charge in [0.15, 0.2) is 0 Å². The van der Waals surface area contributed by atoms with Gasteiger partial charge in [-0.05, 0) is 86.3 Å². The molecule has 6 nitrogen and oxygen atoms in total. The zero-order valence-electron chi connectivity index (χ0n) is 17.8. The number of carbonyl (C=O) groups is 3. The molecule has 4 rings (SSSR count). The lowest BCUT2D eigenvalue weighted by atomic mass is 10.1. The van der Waals surface area contributed by atoms with Gasteiger partial charge in [0.25, 0.3) is 11.8 Å². The minimum atomic E-state index is -0.944. The number of anilines is 1. The molecule has 0 bridgehead atoms. The zero-order chi connectivity index (χ0) is 24.4. The number of nitrogens with one attached hydrogen (secondary N) is 1. The monoisotopic (exact) mass is 586 g/mol. The van der Waals surface area contributed by atoms with Gasteiger partial charge in [-0.1, -0.05) is 35.9 Å². The highest BCUT2D eigenvalue weighted by atomic mass is 79.9. The van der Waals surface area contributed by atoms with E-state index in [2.05, 4.69) is 37.2 Å². The molecule has 0 spiro atoms. The Balaban J connectivity index is 1.60. The van der Waals surface area contributed by atoms with Gasteiger partial charge in [0.2, 0.25) is 0 Å². The Morgan fingerprint density at radius 2 is 1.68 bits per heavy atom. The van der Waals surface area contributed by atoms with Crippen LogP contribution in [0.4, 0.5) is 14.9 Å². The van der Waals surface area contributed by atoms with Crippen molar-refractivity contribution in [3.63, 3.8) is 0 Å². The van der Waals surface area contributed by atoms with Crippen molar-refractivity contribution in [2.45, 2.75) is 13.5 Å². The van der Waals surface area contributed by atoms with Crippen molar-refractivity contribution in [3.8, 4) is 5.75 Å². The highest BCUT2D eigenvalue weighted by molar-refractivity contribution is 9.11. The highest BCUT2D eigenvalue weighted by Gasteiger charge is 2.37. The third-order valence-corrected chi connectivity index (χ3v) is 6.18. The summed E-state index contributed by atoms with van der Waals surface area (Å²) in [6.07, 6.45) is 1.36. The number of amides is 4. The molecule has 1 N–H and O–H groups in total. The molecule has 0 unspecified atom stereocenters. The van der Waals surface area contributed by atoms with Crippen LogP contribution in [0, 0.1) is 12.7 Å². The predicted molar refractivity (Wildman–Crippen MR) is 133 cm³/mol. The van der Waals surface area contributed by atoms with Crippen molar-refractivity contribution < 1.29 is 23.5 Å². The second-order valence-corrected chi connectivity index (χ2v) is 9.23. The van der Waals surface area contributed by atoms with E-state index < -0.39 is 23.7 Å². The number of barbiturate groups is 1. The van der Waals surface area contributed by atoms with Crippen molar-refractivity contribution in [3.05, 3.63) is 97.7 Å². The molecule has 34 heavy (non-hydrogen) atoms. The first kappa shape index (κ1) is 23.8. The van der Waals surface area contributed by atoms with Crippen LogP contribution in [0.1, 0.15) is 16.7 Å². The lowest BCUT2D eigenvalue weighted by molar-refractivity contribution is -0.122. The number of ether oxygens (including phenoxy) is 1. The lowest BCUT2D eigenvalue weighted by Gasteiger charge is -2.26. The molecule has 0 radical (unpaired) electrons. The molecular formula is C25H17Br2FN2O4. The van der Waals surface area contributed by atoms with E-state index in [0.29, 0.717) is 26.9 Å². The molecule has 172 valence electrons. The van der Waals surface area contributed by atoms with Gasteiger partial charge in [0, 0.05) is 0 Å². The van der Waals surface area contributed by atoms with E-state index in [1.165, 1.54) is 24.3 Å². The van der Waals surface area contributed by atoms with Crippen LogP contribution in [0.5, 0.6) is 5.75 Å². The van der Waals surface area contributed by atoms with Gasteiger partial charge in [-0.3, -0.25) is 14.9 Å². The van der Waals surface area contributed by atoms with Crippen molar-refractivity contribution >= 4 is 61.5 Å². The van der Waals surface area contributed by atoms with Crippen LogP contribution in [0.3, 0.4) is 0 Å². The number of benzene rings is 3. The van der Waals surface area contributed by atoms with Crippen LogP contribution in [0.25, 0.3) is 6.08 Å². The molecule has 1 saturated heterocycles. The van der Waals surface area contributed by atoms with E-state index in [9.17, 15) is 18.8 Å². The molecule has 1 aliphatic rings. The quantitative estimate of drug-likeness (QED) is 0.298. The minimum absolute atomic E-state index is 0.0168. The number of hydrogen-bond donors (Lipinski definition) is 1. The Morgan fingerprint density at radius 1 is 1.00 bits per heavy atom. The summed E-state index contributed by atoms with van der Waals surface area (Å²) in [6.45, 7) is 2.36. The minimum Gasteiger partial charge on any atom is -0.487 e. The number of aryl methyl sites for hydroxylation is 1. The molecule has 0 saturated carbocycles. The number of nitrogens with zero attached hydrogens (tertiary/aromatic N) is 1. The van der Waals surface area contributed by atoms with Crippen molar-refractivity contribution in [1.29, 1.82) is 0 Å². The van der Waals surface area contributed by atoms with E-state index in [0.717, 1.165) is 22.1 Å². The summed E-state index contributed by atoms with van der Waals surface area (Å²) in [5.41, 5.74) is 2.41. The normalized spacial score (nSPS) is 15.0. The number of rotatable bonds is 5. The van der Waals surface area contributed by atoms with Gasteiger partial charge in [0.05, 0.1) is 14.6 Å². The molecular weight excluding hydrogens is 571 g/mol. The Kier molecular flexibility index (Phi) is 6.95. The Morgan fingerprint density at radius 3 is 2.32 bits per heavy atom. The molecule has 1 fully saturated rings. The SMILES string of the molecule is Cc1ccc(COc2c(Br)cc(/C=C3\C(=O)NC(=O)N(c4cccc(F)c4)C3=O)cc2Br)cc1. The van der Waals surface area contributed by atoms with Crippen LogP contribution in [-0.2, 0) is 16.2 Å². The van der Waals surface area contributed by atoms with Gasteiger partial charge in [-0.15, -0.1) is 0 Å². The number of halogens is 3. The molecule has 3 aromatic rings. The summed E-state index contributed by atoms with van der Waals surface area (Å²) in [5.74, 6) is -1.76. The van der Waals surface area contributed by atoms with Crippen molar-refractivity contribution in [2.24, 2.45) is 0 Å². The summed E-state index contributed by atoms with van der Waals surface area (Å²) in [7, 11) is 0. The predicted octanol–water partition coefficient (Wildman–Crippen LogP) is 5.90. The molecule has 0 aromatic heterocycles. The fraction of sp³-hybridized carbons (Fsp3) is 0.0800. The molecule has 1 heterocycles. The number of hydrogen-bond acceptors (Lipinski definition) is 4. The van der Waals surface area contributed by atoms with Crippen LogP contribution < -0.4 is 15.0 Å². The topological polar surface area (TPSA) is 75.7 Å². The van der Waals surface area contributed by atoms with Gasteiger partial charge in [-0.25, -0.2) is 14.1 Å². The molecule has 1 aliphatic heterocycles. The third kappa shape index (κ3) is 5.10. The van der Waals surface area contributed by atoms with Gasteiger partial charge < -0.3 is 4.74 Å². The summed E-state index contributed by atoms with van der Waals surface area (Å²) in [4.78, 5) is 38.4. The Bertz CT molecular complexity index is 1320. The molecule has 4 amide bonds. The largest absolute Gasteiger partial charge is 0.487 e. The molecule has 0 aliphatic carbocycles. The first-order valence-corrected chi connectivity index (χ1v) is 11.7. The van der Waals surface area contributed by atoms with Crippen molar-refractivity contribution in [2.75, 3.05) is 4.90 Å². The van der Waals surface area contributed by atoms with Gasteiger partial charge >= 0.3 is 6.03 Å². The summed E-state index contributed by atoms with van der Waals surface area (Å²) in [5, 5.41) is 2.12. The van der Waals surface area contributed by atoms with E-state index in [-0.39, 0.29) is 11.3 Å². The summed E-state index contributed by atoms with van der Waals surface area (Å²) < 4.78 is 20.8. The lowest BCUT2D eigenvalue weighted by Crippen LogP contribution is -2.54. The smallest absolute Gasteiger partial charge is 0.335 e. The first-order valence-electron chi connectivity index (χ1n) is 10.1.